The van der Waals surface area contributed by atoms with E-state index in [1.54, 1.807) is 6.07 Å². The van der Waals surface area contributed by atoms with E-state index >= 15 is 0 Å². The number of pyridine rings is 1. The Balaban J connectivity index is 1.80. The molecule has 0 amide bonds. The van der Waals surface area contributed by atoms with E-state index in [0.717, 1.165) is 25.1 Å². The highest BCUT2D eigenvalue weighted by atomic mass is 32.2. The van der Waals surface area contributed by atoms with E-state index in [1.807, 2.05) is 0 Å². The van der Waals surface area contributed by atoms with E-state index in [0.29, 0.717) is 27.6 Å². The summed E-state index contributed by atoms with van der Waals surface area (Å²) in [5.41, 5.74) is 4.96. The van der Waals surface area contributed by atoms with Crippen molar-refractivity contribution in [3.05, 3.63) is 35.8 Å². The minimum Gasteiger partial charge on any atom is -0.384 e. The number of alkyl halides is 3. The summed E-state index contributed by atoms with van der Waals surface area (Å²) >= 11 is 1.17. The van der Waals surface area contributed by atoms with Gasteiger partial charge in [0.2, 0.25) is 0 Å². The zero-order valence-electron chi connectivity index (χ0n) is 10.8. The molecule has 3 rings (SSSR count). The Kier molecular flexibility index (Phi) is 3.48. The average Bonchev–Trinajstić information content (AvgIpc) is 3.21. The van der Waals surface area contributed by atoms with Crippen LogP contribution < -0.4 is 5.73 Å². The fraction of sp³-hybridized carbons (Fsp3) is 0.308. The van der Waals surface area contributed by atoms with Gasteiger partial charge in [0.25, 0.3) is 0 Å². The fourth-order valence-corrected chi connectivity index (χ4v) is 2.53. The molecule has 0 spiro atoms. The van der Waals surface area contributed by atoms with Crippen LogP contribution in [0.4, 0.5) is 19.0 Å². The Labute approximate surface area is 123 Å². The van der Waals surface area contributed by atoms with E-state index in [9.17, 15) is 13.2 Å². The van der Waals surface area contributed by atoms with Gasteiger partial charge in [0.1, 0.15) is 21.7 Å². The van der Waals surface area contributed by atoms with Crippen LogP contribution in [0.2, 0.25) is 0 Å². The molecule has 1 aliphatic carbocycles. The number of hydrogen-bond acceptors (Lipinski definition) is 5. The van der Waals surface area contributed by atoms with Gasteiger partial charge in [0.05, 0.1) is 5.56 Å². The molecule has 0 atom stereocenters. The van der Waals surface area contributed by atoms with Crippen LogP contribution >= 0.6 is 11.8 Å². The molecular formula is C13H11F3N4S. The maximum atomic E-state index is 12.5. The number of halogens is 3. The standard InChI is InChI=1S/C13H11F3N4S/c14-13(15,16)8-3-4-10(18-6-8)21-11-5-9(17)19-12(20-11)7-1-2-7/h3-7H,1-2H2,(H2,17,19,20). The molecule has 0 bridgehead atoms. The van der Waals surface area contributed by atoms with Crippen LogP contribution in [0.3, 0.4) is 0 Å². The first kappa shape index (κ1) is 14.1. The van der Waals surface area contributed by atoms with Crippen LogP contribution in [0.5, 0.6) is 0 Å². The molecule has 4 nitrogen and oxygen atoms in total. The van der Waals surface area contributed by atoms with Gasteiger partial charge in [-0.25, -0.2) is 15.0 Å². The van der Waals surface area contributed by atoms with E-state index < -0.39 is 11.7 Å². The van der Waals surface area contributed by atoms with Crippen LogP contribution in [0.25, 0.3) is 0 Å². The SMILES string of the molecule is Nc1cc(Sc2ccc(C(F)(F)F)cn2)nc(C2CC2)n1. The predicted octanol–water partition coefficient (Wildman–Crippen LogP) is 3.50. The molecular weight excluding hydrogens is 301 g/mol. The highest BCUT2D eigenvalue weighted by Gasteiger charge is 2.31. The Bertz CT molecular complexity index is 653. The van der Waals surface area contributed by atoms with Gasteiger partial charge < -0.3 is 5.73 Å². The lowest BCUT2D eigenvalue weighted by Gasteiger charge is -2.07. The molecule has 110 valence electrons. The van der Waals surface area contributed by atoms with Gasteiger partial charge in [0, 0.05) is 18.2 Å². The van der Waals surface area contributed by atoms with Gasteiger partial charge in [0.15, 0.2) is 0 Å². The van der Waals surface area contributed by atoms with Crippen molar-refractivity contribution in [2.24, 2.45) is 0 Å². The van der Waals surface area contributed by atoms with Crippen molar-refractivity contribution in [3.8, 4) is 0 Å². The second-order valence-corrected chi connectivity index (χ2v) is 5.79. The predicted molar refractivity (Wildman–Crippen MR) is 71.8 cm³/mol. The third kappa shape index (κ3) is 3.44. The summed E-state index contributed by atoms with van der Waals surface area (Å²) in [5, 5.41) is 1.03. The van der Waals surface area contributed by atoms with Crippen molar-refractivity contribution >= 4 is 17.6 Å². The molecule has 0 aliphatic heterocycles. The third-order valence-corrected chi connectivity index (χ3v) is 3.82. The number of anilines is 1. The van der Waals surface area contributed by atoms with Crippen molar-refractivity contribution in [2.45, 2.75) is 35.0 Å². The van der Waals surface area contributed by atoms with Crippen molar-refractivity contribution < 1.29 is 13.2 Å². The van der Waals surface area contributed by atoms with Crippen LogP contribution in [-0.2, 0) is 6.18 Å². The smallest absolute Gasteiger partial charge is 0.384 e. The summed E-state index contributed by atoms with van der Waals surface area (Å²) in [6, 6.07) is 3.92. The van der Waals surface area contributed by atoms with Crippen LogP contribution in [0.15, 0.2) is 34.4 Å². The second-order valence-electron chi connectivity index (χ2n) is 4.75. The highest BCUT2D eigenvalue weighted by molar-refractivity contribution is 7.99. The fourth-order valence-electron chi connectivity index (χ4n) is 1.75. The summed E-state index contributed by atoms with van der Waals surface area (Å²) in [5.74, 6) is 1.42. The molecule has 2 N–H and O–H groups in total. The van der Waals surface area contributed by atoms with Crippen molar-refractivity contribution in [1.29, 1.82) is 0 Å². The van der Waals surface area contributed by atoms with Gasteiger partial charge in [-0.2, -0.15) is 13.2 Å². The maximum Gasteiger partial charge on any atom is 0.417 e. The van der Waals surface area contributed by atoms with Gasteiger partial charge >= 0.3 is 6.18 Å². The quantitative estimate of drug-likeness (QED) is 0.879. The monoisotopic (exact) mass is 312 g/mol. The van der Waals surface area contributed by atoms with Gasteiger partial charge in [-0.1, -0.05) is 0 Å². The molecule has 1 fully saturated rings. The van der Waals surface area contributed by atoms with Gasteiger partial charge in [-0.05, 0) is 36.7 Å². The molecule has 21 heavy (non-hydrogen) atoms. The number of nitrogens with two attached hydrogens (primary N) is 1. The van der Waals surface area contributed by atoms with Gasteiger partial charge in [-0.3, -0.25) is 0 Å². The number of rotatable bonds is 3. The lowest BCUT2D eigenvalue weighted by molar-refractivity contribution is -0.137. The van der Waals surface area contributed by atoms with Crippen molar-refractivity contribution in [3.63, 3.8) is 0 Å². The van der Waals surface area contributed by atoms with E-state index in [-0.39, 0.29) is 0 Å². The molecule has 8 heteroatoms. The maximum absolute atomic E-state index is 12.5. The summed E-state index contributed by atoms with van der Waals surface area (Å²) in [6.45, 7) is 0. The average molecular weight is 312 g/mol. The molecule has 0 aromatic carbocycles. The normalized spacial score (nSPS) is 15.2. The molecule has 0 unspecified atom stereocenters. The molecule has 1 aliphatic rings. The molecule has 0 saturated heterocycles. The van der Waals surface area contributed by atoms with Gasteiger partial charge in [-0.15, -0.1) is 0 Å². The lowest BCUT2D eigenvalue weighted by Crippen LogP contribution is -2.05. The van der Waals surface area contributed by atoms with Crippen molar-refractivity contribution in [2.75, 3.05) is 5.73 Å². The number of hydrogen-bond donors (Lipinski definition) is 1. The lowest BCUT2D eigenvalue weighted by atomic mass is 10.3. The highest BCUT2D eigenvalue weighted by Crippen LogP contribution is 2.39. The van der Waals surface area contributed by atoms with E-state index in [2.05, 4.69) is 15.0 Å². The minimum atomic E-state index is -4.38. The zero-order valence-corrected chi connectivity index (χ0v) is 11.6. The summed E-state index contributed by atoms with van der Waals surface area (Å²) in [4.78, 5) is 12.3. The van der Waals surface area contributed by atoms with Crippen molar-refractivity contribution in [1.82, 2.24) is 15.0 Å². The minimum absolute atomic E-state index is 0.355. The molecule has 2 aromatic rings. The van der Waals surface area contributed by atoms with Crippen LogP contribution in [-0.4, -0.2) is 15.0 Å². The first-order valence-electron chi connectivity index (χ1n) is 6.27. The summed E-state index contributed by atoms with van der Waals surface area (Å²) < 4.78 is 37.4. The molecule has 2 aromatic heterocycles. The van der Waals surface area contributed by atoms with Crippen LogP contribution in [0.1, 0.15) is 30.1 Å². The Morgan fingerprint density at radius 2 is 1.90 bits per heavy atom. The number of nitrogen functional groups attached to an aromatic ring is 1. The first-order valence-corrected chi connectivity index (χ1v) is 7.09. The topological polar surface area (TPSA) is 64.7 Å². The first-order chi connectivity index (χ1) is 9.91. The second kappa shape index (κ2) is 5.18. The van der Waals surface area contributed by atoms with E-state index in [4.69, 9.17) is 5.73 Å². The molecule has 0 radical (unpaired) electrons. The summed E-state index contributed by atoms with van der Waals surface area (Å²) in [6.07, 6.45) is -1.47. The summed E-state index contributed by atoms with van der Waals surface area (Å²) in [7, 11) is 0. The Morgan fingerprint density at radius 1 is 1.14 bits per heavy atom. The largest absolute Gasteiger partial charge is 0.417 e. The Morgan fingerprint density at radius 3 is 2.48 bits per heavy atom. The molecule has 2 heterocycles. The number of aromatic nitrogens is 3. The van der Waals surface area contributed by atoms with E-state index in [1.165, 1.54) is 17.8 Å². The Hall–Kier alpha value is -1.83. The zero-order chi connectivity index (χ0) is 15.0. The third-order valence-electron chi connectivity index (χ3n) is 2.96. The number of nitrogens with zero attached hydrogens (tertiary/aromatic N) is 3. The molecule has 1 saturated carbocycles. The van der Waals surface area contributed by atoms with Crippen LogP contribution in [0, 0.1) is 0 Å².